The van der Waals surface area contributed by atoms with Crippen LogP contribution in [0.1, 0.15) is 32.8 Å². The summed E-state index contributed by atoms with van der Waals surface area (Å²) in [5.74, 6) is -0.372. The van der Waals surface area contributed by atoms with E-state index in [1.54, 1.807) is 32.9 Å². The monoisotopic (exact) mass is 346 g/mol. The van der Waals surface area contributed by atoms with Gasteiger partial charge in [0.2, 0.25) is 0 Å². The maximum Gasteiger partial charge on any atom is 0.573 e. The van der Waals surface area contributed by atoms with Crippen molar-refractivity contribution in [3.05, 3.63) is 29.8 Å². The second-order valence-corrected chi connectivity index (χ2v) is 5.96. The number of ether oxygens (including phenoxy) is 2. The zero-order valence-electron chi connectivity index (χ0n) is 13.7. The number of benzene rings is 1. The summed E-state index contributed by atoms with van der Waals surface area (Å²) in [7, 11) is 0. The molecule has 0 aromatic heterocycles. The highest BCUT2D eigenvalue weighted by molar-refractivity contribution is 5.68. The highest BCUT2D eigenvalue weighted by atomic mass is 19.4. The molecule has 0 saturated heterocycles. The van der Waals surface area contributed by atoms with Crippen molar-refractivity contribution in [1.29, 1.82) is 0 Å². The van der Waals surface area contributed by atoms with Gasteiger partial charge in [-0.2, -0.15) is 0 Å². The normalized spacial score (nSPS) is 12.2. The Bertz CT molecular complexity index is 593. The van der Waals surface area contributed by atoms with Gasteiger partial charge in [0.25, 0.3) is 0 Å². The van der Waals surface area contributed by atoms with Gasteiger partial charge in [-0.25, -0.2) is 4.79 Å². The summed E-state index contributed by atoms with van der Waals surface area (Å²) in [6.45, 7) is 5.66. The molecule has 1 rings (SSSR count). The summed E-state index contributed by atoms with van der Waals surface area (Å²) in [5, 5.41) is 2.59. The van der Waals surface area contributed by atoms with Gasteiger partial charge in [0, 0.05) is 18.3 Å². The Hall–Kier alpha value is -2.38. The lowest BCUT2D eigenvalue weighted by molar-refractivity contribution is -0.274. The number of alkyl carbamates (subject to hydrolysis) is 1. The van der Waals surface area contributed by atoms with Gasteiger partial charge in [0.15, 0.2) is 0 Å². The lowest BCUT2D eigenvalue weighted by Gasteiger charge is -2.19. The average Bonchev–Trinajstić information content (AvgIpc) is 2.36. The van der Waals surface area contributed by atoms with E-state index < -0.39 is 18.1 Å². The van der Waals surface area contributed by atoms with Crippen LogP contribution < -0.4 is 15.8 Å². The maximum atomic E-state index is 12.1. The molecule has 0 saturated carbocycles. The number of nitrogen functional groups attached to an aromatic ring is 1. The Morgan fingerprint density at radius 1 is 1.29 bits per heavy atom. The summed E-state index contributed by atoms with van der Waals surface area (Å²) in [5.41, 5.74) is 5.84. The van der Waals surface area contributed by atoms with Crippen LogP contribution in [0.3, 0.4) is 0 Å². The zero-order chi connectivity index (χ0) is 18.4. The van der Waals surface area contributed by atoms with Crippen LogP contribution in [0.15, 0.2) is 24.3 Å². The molecule has 0 spiro atoms. The topological polar surface area (TPSA) is 73.6 Å². The van der Waals surface area contributed by atoms with Crippen molar-refractivity contribution in [2.45, 2.75) is 39.2 Å². The molecule has 0 unspecified atom stereocenters. The van der Waals surface area contributed by atoms with E-state index in [-0.39, 0.29) is 11.4 Å². The molecule has 134 valence electrons. The average molecular weight is 346 g/mol. The molecular formula is C16H21F3N2O3. The quantitative estimate of drug-likeness (QED) is 0.622. The zero-order valence-corrected chi connectivity index (χ0v) is 13.7. The molecule has 0 aliphatic heterocycles. The fourth-order valence-corrected chi connectivity index (χ4v) is 1.68. The number of carbonyl (C=O) groups excluding carboxylic acids is 1. The van der Waals surface area contributed by atoms with Crippen LogP contribution in [0.2, 0.25) is 0 Å². The highest BCUT2D eigenvalue weighted by Crippen LogP contribution is 2.26. The van der Waals surface area contributed by atoms with Crippen LogP contribution in [-0.4, -0.2) is 24.6 Å². The Morgan fingerprint density at radius 2 is 1.96 bits per heavy atom. The number of anilines is 1. The molecule has 1 amide bonds. The van der Waals surface area contributed by atoms with Gasteiger partial charge in [0.1, 0.15) is 11.4 Å². The van der Waals surface area contributed by atoms with Gasteiger partial charge in [-0.15, -0.1) is 13.2 Å². The molecule has 0 aliphatic rings. The van der Waals surface area contributed by atoms with E-state index in [0.29, 0.717) is 18.5 Å². The fourth-order valence-electron chi connectivity index (χ4n) is 1.68. The number of nitrogens with two attached hydrogens (primary N) is 1. The number of hydrogen-bond donors (Lipinski definition) is 2. The molecule has 1 aromatic carbocycles. The fraction of sp³-hybridized carbons (Fsp3) is 0.438. The van der Waals surface area contributed by atoms with E-state index in [2.05, 4.69) is 10.1 Å². The minimum atomic E-state index is -4.75. The van der Waals surface area contributed by atoms with Crippen molar-refractivity contribution >= 4 is 17.9 Å². The molecule has 8 heteroatoms. The van der Waals surface area contributed by atoms with Crippen LogP contribution in [0.5, 0.6) is 5.75 Å². The highest BCUT2D eigenvalue weighted by Gasteiger charge is 2.31. The van der Waals surface area contributed by atoms with Crippen molar-refractivity contribution in [3.8, 4) is 5.75 Å². The molecule has 0 atom stereocenters. The SMILES string of the molecule is CC(C)(C)OC(=O)NCCC=Cc1ccc(OC(F)(F)F)cc1N. The minimum absolute atomic E-state index is 0.160. The second-order valence-electron chi connectivity index (χ2n) is 5.96. The number of hydrogen-bond acceptors (Lipinski definition) is 4. The van der Waals surface area contributed by atoms with Crippen LogP contribution in [0.25, 0.3) is 6.08 Å². The Morgan fingerprint density at radius 3 is 2.50 bits per heavy atom. The minimum Gasteiger partial charge on any atom is -0.444 e. The van der Waals surface area contributed by atoms with Crippen LogP contribution in [0, 0.1) is 0 Å². The van der Waals surface area contributed by atoms with Crippen LogP contribution >= 0.6 is 0 Å². The second kappa shape index (κ2) is 7.94. The smallest absolute Gasteiger partial charge is 0.444 e. The van der Waals surface area contributed by atoms with Gasteiger partial charge >= 0.3 is 12.5 Å². The summed E-state index contributed by atoms with van der Waals surface area (Å²) in [6.07, 6.45) is -1.35. The standard InChI is InChI=1S/C16H21F3N2O3/c1-15(2,3)24-14(22)21-9-5-4-6-11-7-8-12(10-13(11)20)23-16(17,18)19/h4,6-8,10H,5,9,20H2,1-3H3,(H,21,22). The third-order valence-corrected chi connectivity index (χ3v) is 2.57. The Kier molecular flexibility index (Phi) is 6.51. The van der Waals surface area contributed by atoms with Crippen LogP contribution in [-0.2, 0) is 4.74 Å². The lowest BCUT2D eigenvalue weighted by Crippen LogP contribution is -2.32. The predicted molar refractivity (Wildman–Crippen MR) is 85.4 cm³/mol. The van der Waals surface area contributed by atoms with Crippen molar-refractivity contribution < 1.29 is 27.4 Å². The number of alkyl halides is 3. The number of carbonyl (C=O) groups is 1. The first-order valence-electron chi connectivity index (χ1n) is 7.25. The van der Waals surface area contributed by atoms with Gasteiger partial charge in [0.05, 0.1) is 0 Å². The molecule has 0 fully saturated rings. The van der Waals surface area contributed by atoms with Gasteiger partial charge in [-0.3, -0.25) is 0 Å². The number of rotatable bonds is 5. The summed E-state index contributed by atoms with van der Waals surface area (Å²) in [6, 6.07) is 3.71. The van der Waals surface area contributed by atoms with Crippen molar-refractivity contribution in [3.63, 3.8) is 0 Å². The van der Waals surface area contributed by atoms with Crippen LogP contribution in [0.4, 0.5) is 23.7 Å². The van der Waals surface area contributed by atoms with Gasteiger partial charge in [-0.05, 0) is 44.9 Å². The Balaban J connectivity index is 2.46. The van der Waals surface area contributed by atoms with E-state index in [4.69, 9.17) is 10.5 Å². The summed E-state index contributed by atoms with van der Waals surface area (Å²) >= 11 is 0. The summed E-state index contributed by atoms with van der Waals surface area (Å²) in [4.78, 5) is 11.4. The number of amides is 1. The molecule has 0 bridgehead atoms. The molecule has 0 radical (unpaired) electrons. The van der Waals surface area contributed by atoms with Crippen molar-refractivity contribution in [2.75, 3.05) is 12.3 Å². The molecular weight excluding hydrogens is 325 g/mol. The van der Waals surface area contributed by atoms with E-state index in [1.165, 1.54) is 12.1 Å². The van der Waals surface area contributed by atoms with E-state index in [9.17, 15) is 18.0 Å². The molecule has 5 nitrogen and oxygen atoms in total. The third kappa shape index (κ3) is 8.30. The van der Waals surface area contributed by atoms with Crippen molar-refractivity contribution in [1.82, 2.24) is 5.32 Å². The maximum absolute atomic E-state index is 12.1. The number of nitrogens with one attached hydrogen (secondary N) is 1. The predicted octanol–water partition coefficient (Wildman–Crippen LogP) is 4.10. The number of halogens is 3. The molecule has 3 N–H and O–H groups in total. The molecule has 0 heterocycles. The van der Waals surface area contributed by atoms with E-state index in [0.717, 1.165) is 6.07 Å². The van der Waals surface area contributed by atoms with E-state index in [1.807, 2.05) is 0 Å². The summed E-state index contributed by atoms with van der Waals surface area (Å²) < 4.78 is 45.2. The van der Waals surface area contributed by atoms with Crippen molar-refractivity contribution in [2.24, 2.45) is 0 Å². The first-order valence-corrected chi connectivity index (χ1v) is 7.25. The molecule has 24 heavy (non-hydrogen) atoms. The molecule has 0 aliphatic carbocycles. The van der Waals surface area contributed by atoms with Gasteiger partial charge < -0.3 is 20.5 Å². The lowest BCUT2D eigenvalue weighted by atomic mass is 10.1. The third-order valence-electron chi connectivity index (χ3n) is 2.57. The Labute approximate surface area is 138 Å². The first-order chi connectivity index (χ1) is 11.0. The first kappa shape index (κ1) is 19.7. The van der Waals surface area contributed by atoms with E-state index >= 15 is 0 Å². The largest absolute Gasteiger partial charge is 0.573 e. The van der Waals surface area contributed by atoms with Gasteiger partial charge in [-0.1, -0.05) is 12.2 Å². The molecule has 1 aromatic rings.